The van der Waals surface area contributed by atoms with Gasteiger partial charge in [0.1, 0.15) is 5.75 Å². The first kappa shape index (κ1) is 16.3. The quantitative estimate of drug-likeness (QED) is 0.725. The fraction of sp³-hybridized carbons (Fsp3) is 0.158. The van der Waals surface area contributed by atoms with Crippen LogP contribution < -0.4 is 10.5 Å². The molecule has 0 aromatic heterocycles. The maximum Gasteiger partial charge on any atom is 0.573 e. The Morgan fingerprint density at radius 2 is 1.50 bits per heavy atom. The first-order chi connectivity index (χ1) is 11.3. The Kier molecular flexibility index (Phi) is 4.20. The lowest BCUT2D eigenvalue weighted by Crippen LogP contribution is -2.17. The van der Waals surface area contributed by atoms with E-state index in [1.807, 2.05) is 43.3 Å². The van der Waals surface area contributed by atoms with Gasteiger partial charge in [-0.3, -0.25) is 0 Å². The molecule has 0 fully saturated rings. The molecule has 0 saturated carbocycles. The van der Waals surface area contributed by atoms with Crippen molar-refractivity contribution in [1.82, 2.24) is 0 Å². The third-order valence-electron chi connectivity index (χ3n) is 3.98. The first-order valence-electron chi connectivity index (χ1n) is 7.45. The third-order valence-corrected chi connectivity index (χ3v) is 3.98. The summed E-state index contributed by atoms with van der Waals surface area (Å²) in [6.07, 6.45) is -4.70. The number of hydrogen-bond donors (Lipinski definition) is 1. The van der Waals surface area contributed by atoms with Gasteiger partial charge in [-0.05, 0) is 46.5 Å². The molecule has 2 N–H and O–H groups in total. The Labute approximate surface area is 137 Å². The summed E-state index contributed by atoms with van der Waals surface area (Å²) in [7, 11) is 0. The molecule has 124 valence electrons. The maximum absolute atomic E-state index is 12.2. The molecule has 1 atom stereocenters. The predicted molar refractivity (Wildman–Crippen MR) is 87.8 cm³/mol. The molecule has 0 amide bonds. The summed E-state index contributed by atoms with van der Waals surface area (Å²) < 4.78 is 40.6. The van der Waals surface area contributed by atoms with Gasteiger partial charge in [0.25, 0.3) is 0 Å². The van der Waals surface area contributed by atoms with Crippen LogP contribution in [0.4, 0.5) is 13.2 Å². The van der Waals surface area contributed by atoms with Crippen LogP contribution in [0.15, 0.2) is 60.7 Å². The molecule has 3 aromatic rings. The molecular weight excluding hydrogens is 315 g/mol. The lowest BCUT2D eigenvalue weighted by molar-refractivity contribution is -0.274. The van der Waals surface area contributed by atoms with Crippen molar-refractivity contribution in [3.05, 3.63) is 77.4 Å². The number of fused-ring (bicyclic) bond motifs is 1. The highest BCUT2D eigenvalue weighted by atomic mass is 19.4. The molecule has 3 aromatic carbocycles. The van der Waals surface area contributed by atoms with Crippen LogP contribution in [0, 0.1) is 6.92 Å². The third kappa shape index (κ3) is 3.36. The number of alkyl halides is 3. The van der Waals surface area contributed by atoms with Gasteiger partial charge in [0.05, 0.1) is 6.04 Å². The van der Waals surface area contributed by atoms with E-state index in [9.17, 15) is 13.2 Å². The van der Waals surface area contributed by atoms with E-state index < -0.39 is 12.4 Å². The van der Waals surface area contributed by atoms with Crippen LogP contribution in [0.5, 0.6) is 5.75 Å². The van der Waals surface area contributed by atoms with Crippen LogP contribution in [-0.2, 0) is 0 Å². The summed E-state index contributed by atoms with van der Waals surface area (Å²) in [5.74, 6) is -0.257. The molecule has 24 heavy (non-hydrogen) atoms. The van der Waals surface area contributed by atoms with E-state index in [4.69, 9.17) is 5.73 Å². The Morgan fingerprint density at radius 3 is 2.12 bits per heavy atom. The second kappa shape index (κ2) is 6.17. The van der Waals surface area contributed by atoms with Gasteiger partial charge in [-0.25, -0.2) is 0 Å². The Morgan fingerprint density at radius 1 is 0.875 bits per heavy atom. The monoisotopic (exact) mass is 331 g/mol. The van der Waals surface area contributed by atoms with E-state index in [0.29, 0.717) is 0 Å². The van der Waals surface area contributed by atoms with Crippen molar-refractivity contribution in [3.8, 4) is 5.75 Å². The zero-order chi connectivity index (χ0) is 17.3. The molecule has 5 heteroatoms. The molecule has 2 nitrogen and oxygen atoms in total. The lowest BCUT2D eigenvalue weighted by atomic mass is 9.92. The van der Waals surface area contributed by atoms with Crippen LogP contribution in [-0.4, -0.2) is 6.36 Å². The molecule has 0 aliphatic carbocycles. The standard InChI is InChI=1S/C19H16F3NO/c1-12-6-11-17(16-5-3-2-4-15(12)16)18(23)13-7-9-14(10-8-13)24-19(20,21)22/h2-11,18H,23H2,1H3/t18-/m0/s1. The molecule has 0 saturated heterocycles. The van der Waals surface area contributed by atoms with Gasteiger partial charge >= 0.3 is 6.36 Å². The summed E-state index contributed by atoms with van der Waals surface area (Å²) in [5.41, 5.74) is 9.15. The zero-order valence-electron chi connectivity index (χ0n) is 13.0. The van der Waals surface area contributed by atoms with Gasteiger partial charge in [-0.15, -0.1) is 13.2 Å². The molecule has 0 bridgehead atoms. The minimum atomic E-state index is -4.70. The molecule has 0 spiro atoms. The van der Waals surface area contributed by atoms with Crippen LogP contribution in [0.25, 0.3) is 10.8 Å². The van der Waals surface area contributed by atoms with Gasteiger partial charge < -0.3 is 10.5 Å². The lowest BCUT2D eigenvalue weighted by Gasteiger charge is -2.17. The van der Waals surface area contributed by atoms with Crippen molar-refractivity contribution in [2.75, 3.05) is 0 Å². The van der Waals surface area contributed by atoms with E-state index in [0.717, 1.165) is 27.5 Å². The molecular formula is C19H16F3NO. The van der Waals surface area contributed by atoms with Gasteiger partial charge in [0.2, 0.25) is 0 Å². The Hall–Kier alpha value is -2.53. The van der Waals surface area contributed by atoms with Gasteiger partial charge in [0.15, 0.2) is 0 Å². The van der Waals surface area contributed by atoms with Crippen molar-refractivity contribution in [1.29, 1.82) is 0 Å². The zero-order valence-corrected chi connectivity index (χ0v) is 13.0. The summed E-state index contributed by atoms with van der Waals surface area (Å²) in [6, 6.07) is 17.1. The summed E-state index contributed by atoms with van der Waals surface area (Å²) in [5, 5.41) is 2.16. The number of ether oxygens (including phenoxy) is 1. The topological polar surface area (TPSA) is 35.2 Å². The average molecular weight is 331 g/mol. The van der Waals surface area contributed by atoms with Crippen molar-refractivity contribution in [2.24, 2.45) is 5.73 Å². The smallest absolute Gasteiger partial charge is 0.406 e. The number of hydrogen-bond acceptors (Lipinski definition) is 2. The number of aryl methyl sites for hydroxylation is 1. The Balaban J connectivity index is 1.95. The van der Waals surface area contributed by atoms with Crippen molar-refractivity contribution in [3.63, 3.8) is 0 Å². The van der Waals surface area contributed by atoms with Crippen LogP contribution >= 0.6 is 0 Å². The van der Waals surface area contributed by atoms with Crippen LogP contribution in [0.1, 0.15) is 22.7 Å². The van der Waals surface area contributed by atoms with Crippen molar-refractivity contribution in [2.45, 2.75) is 19.3 Å². The van der Waals surface area contributed by atoms with Gasteiger partial charge in [-0.1, -0.05) is 48.5 Å². The molecule has 3 rings (SSSR count). The fourth-order valence-electron chi connectivity index (χ4n) is 2.80. The molecule has 0 radical (unpaired) electrons. The molecule has 0 aliphatic rings. The summed E-state index contributed by atoms with van der Waals surface area (Å²) >= 11 is 0. The number of halogens is 3. The minimum Gasteiger partial charge on any atom is -0.406 e. The van der Waals surface area contributed by atoms with E-state index in [-0.39, 0.29) is 5.75 Å². The molecule has 0 heterocycles. The SMILES string of the molecule is Cc1ccc([C@@H](N)c2ccc(OC(F)(F)F)cc2)c2ccccc12. The second-order valence-corrected chi connectivity index (χ2v) is 5.61. The maximum atomic E-state index is 12.2. The highest BCUT2D eigenvalue weighted by Crippen LogP contribution is 2.30. The van der Waals surface area contributed by atoms with Gasteiger partial charge in [0, 0.05) is 0 Å². The van der Waals surface area contributed by atoms with E-state index in [1.165, 1.54) is 12.1 Å². The molecule has 0 aliphatic heterocycles. The van der Waals surface area contributed by atoms with Crippen LogP contribution in [0.2, 0.25) is 0 Å². The second-order valence-electron chi connectivity index (χ2n) is 5.61. The predicted octanol–water partition coefficient (Wildman–Crippen LogP) is 5.09. The highest BCUT2D eigenvalue weighted by molar-refractivity contribution is 5.89. The van der Waals surface area contributed by atoms with Crippen LogP contribution in [0.3, 0.4) is 0 Å². The number of benzene rings is 3. The highest BCUT2D eigenvalue weighted by Gasteiger charge is 2.31. The first-order valence-corrected chi connectivity index (χ1v) is 7.45. The van der Waals surface area contributed by atoms with Crippen molar-refractivity contribution < 1.29 is 17.9 Å². The minimum absolute atomic E-state index is 0.257. The largest absolute Gasteiger partial charge is 0.573 e. The molecule has 0 unspecified atom stereocenters. The number of nitrogens with two attached hydrogens (primary N) is 1. The number of rotatable bonds is 3. The normalized spacial score (nSPS) is 13.0. The summed E-state index contributed by atoms with van der Waals surface area (Å²) in [6.45, 7) is 2.03. The Bertz CT molecular complexity index is 857. The fourth-order valence-corrected chi connectivity index (χ4v) is 2.80. The van der Waals surface area contributed by atoms with Gasteiger partial charge in [-0.2, -0.15) is 0 Å². The van der Waals surface area contributed by atoms with E-state index in [1.54, 1.807) is 12.1 Å². The summed E-state index contributed by atoms with van der Waals surface area (Å²) in [4.78, 5) is 0. The van der Waals surface area contributed by atoms with Crippen molar-refractivity contribution >= 4 is 10.8 Å². The van der Waals surface area contributed by atoms with E-state index in [2.05, 4.69) is 4.74 Å². The van der Waals surface area contributed by atoms with E-state index >= 15 is 0 Å². The average Bonchev–Trinajstić information content (AvgIpc) is 2.54.